The summed E-state index contributed by atoms with van der Waals surface area (Å²) in [4.78, 5) is 11.6. The molecule has 5 heteroatoms. The molecule has 2 N–H and O–H groups in total. The molecular formula is C15H18N2O3. The summed E-state index contributed by atoms with van der Waals surface area (Å²) in [5.74, 6) is 1.52. The van der Waals surface area contributed by atoms with Gasteiger partial charge in [-0.05, 0) is 24.3 Å². The van der Waals surface area contributed by atoms with Crippen LogP contribution in [0, 0.1) is 0 Å². The molecule has 1 aromatic carbocycles. The van der Waals surface area contributed by atoms with Crippen molar-refractivity contribution in [3.63, 3.8) is 0 Å². The van der Waals surface area contributed by atoms with Crippen LogP contribution in [0.1, 0.15) is 12.2 Å². The van der Waals surface area contributed by atoms with E-state index in [4.69, 9.17) is 9.15 Å². The van der Waals surface area contributed by atoms with Gasteiger partial charge in [0.2, 0.25) is 5.91 Å². The second-order valence-corrected chi connectivity index (χ2v) is 4.26. The molecule has 2 aromatic rings. The van der Waals surface area contributed by atoms with Crippen molar-refractivity contribution in [2.75, 3.05) is 19.0 Å². The van der Waals surface area contributed by atoms with Crippen LogP contribution in [-0.4, -0.2) is 19.6 Å². The van der Waals surface area contributed by atoms with Crippen LogP contribution in [-0.2, 0) is 11.3 Å². The zero-order valence-electron chi connectivity index (χ0n) is 11.4. The Morgan fingerprint density at radius 2 is 2.20 bits per heavy atom. The number of hydrogen-bond acceptors (Lipinski definition) is 4. The van der Waals surface area contributed by atoms with Crippen molar-refractivity contribution in [2.24, 2.45) is 0 Å². The molecule has 5 nitrogen and oxygen atoms in total. The maximum atomic E-state index is 11.6. The Morgan fingerprint density at radius 1 is 1.30 bits per heavy atom. The molecule has 0 spiro atoms. The largest absolute Gasteiger partial charge is 0.497 e. The molecule has 0 fully saturated rings. The summed E-state index contributed by atoms with van der Waals surface area (Å²) in [6.45, 7) is 0.988. The number of hydrogen-bond donors (Lipinski definition) is 2. The molecule has 0 aliphatic carbocycles. The minimum atomic E-state index is -0.0169. The van der Waals surface area contributed by atoms with Gasteiger partial charge in [0.05, 0.1) is 19.9 Å². The van der Waals surface area contributed by atoms with E-state index in [1.807, 2.05) is 30.3 Å². The van der Waals surface area contributed by atoms with Gasteiger partial charge < -0.3 is 19.8 Å². The molecule has 0 saturated heterocycles. The quantitative estimate of drug-likeness (QED) is 0.814. The summed E-state index contributed by atoms with van der Waals surface area (Å²) in [7, 11) is 1.63. The first-order chi connectivity index (χ1) is 9.78. The number of amides is 1. The Morgan fingerprint density at radius 3 is 2.95 bits per heavy atom. The fourth-order valence-corrected chi connectivity index (χ4v) is 1.74. The summed E-state index contributed by atoms with van der Waals surface area (Å²) in [5.41, 5.74) is 0.934. The molecule has 1 aromatic heterocycles. The lowest BCUT2D eigenvalue weighted by Crippen LogP contribution is -2.24. The van der Waals surface area contributed by atoms with Crippen molar-refractivity contribution < 1.29 is 13.9 Å². The first-order valence-corrected chi connectivity index (χ1v) is 6.45. The van der Waals surface area contributed by atoms with Crippen LogP contribution in [0.3, 0.4) is 0 Å². The van der Waals surface area contributed by atoms with Crippen LogP contribution in [0.15, 0.2) is 47.1 Å². The molecule has 1 heterocycles. The third-order valence-corrected chi connectivity index (χ3v) is 2.79. The highest BCUT2D eigenvalue weighted by molar-refractivity contribution is 5.76. The van der Waals surface area contributed by atoms with Gasteiger partial charge in [0.1, 0.15) is 11.5 Å². The molecule has 0 radical (unpaired) electrons. The Bertz CT molecular complexity index is 538. The minimum absolute atomic E-state index is 0.0169. The van der Waals surface area contributed by atoms with E-state index in [0.717, 1.165) is 17.2 Å². The summed E-state index contributed by atoms with van der Waals surface area (Å²) in [5, 5.41) is 5.98. The number of anilines is 1. The summed E-state index contributed by atoms with van der Waals surface area (Å²) >= 11 is 0. The second-order valence-electron chi connectivity index (χ2n) is 4.26. The van der Waals surface area contributed by atoms with Crippen molar-refractivity contribution >= 4 is 11.6 Å². The first kappa shape index (κ1) is 14.0. The van der Waals surface area contributed by atoms with E-state index in [1.54, 1.807) is 19.4 Å². The van der Waals surface area contributed by atoms with Gasteiger partial charge in [-0.25, -0.2) is 0 Å². The monoisotopic (exact) mass is 274 g/mol. The number of nitrogens with one attached hydrogen (secondary N) is 2. The lowest BCUT2D eigenvalue weighted by molar-refractivity contribution is -0.121. The van der Waals surface area contributed by atoms with E-state index >= 15 is 0 Å². The normalized spacial score (nSPS) is 10.1. The van der Waals surface area contributed by atoms with Gasteiger partial charge in [-0.2, -0.15) is 0 Å². The molecular weight excluding hydrogens is 256 g/mol. The maximum Gasteiger partial charge on any atom is 0.222 e. The summed E-state index contributed by atoms with van der Waals surface area (Å²) in [6, 6.07) is 11.2. The number of ether oxygens (including phenoxy) is 1. The van der Waals surface area contributed by atoms with Gasteiger partial charge >= 0.3 is 0 Å². The van der Waals surface area contributed by atoms with Crippen LogP contribution >= 0.6 is 0 Å². The van der Waals surface area contributed by atoms with Crippen molar-refractivity contribution in [1.29, 1.82) is 0 Å². The highest BCUT2D eigenvalue weighted by Crippen LogP contribution is 2.16. The average Bonchev–Trinajstić information content (AvgIpc) is 2.99. The predicted molar refractivity (Wildman–Crippen MR) is 76.7 cm³/mol. The Kier molecular flexibility index (Phi) is 5.06. The molecule has 0 atom stereocenters. The third-order valence-electron chi connectivity index (χ3n) is 2.79. The standard InChI is InChI=1S/C15H18N2O3/c1-19-13-5-2-4-12(10-13)16-8-7-15(18)17-11-14-6-3-9-20-14/h2-6,9-10,16H,7-8,11H2,1H3,(H,17,18). The van der Waals surface area contributed by atoms with Crippen molar-refractivity contribution in [1.82, 2.24) is 5.32 Å². The lowest BCUT2D eigenvalue weighted by atomic mass is 10.3. The Labute approximate surface area is 117 Å². The third kappa shape index (κ3) is 4.35. The van der Waals surface area contributed by atoms with Crippen LogP contribution in [0.25, 0.3) is 0 Å². The average molecular weight is 274 g/mol. The number of methoxy groups -OCH3 is 1. The first-order valence-electron chi connectivity index (χ1n) is 6.45. The van der Waals surface area contributed by atoms with E-state index in [-0.39, 0.29) is 5.91 Å². The number of benzene rings is 1. The molecule has 0 aliphatic rings. The fraction of sp³-hybridized carbons (Fsp3) is 0.267. The van der Waals surface area contributed by atoms with Crippen molar-refractivity contribution in [3.8, 4) is 5.75 Å². The van der Waals surface area contributed by atoms with Crippen LogP contribution < -0.4 is 15.4 Å². The van der Waals surface area contributed by atoms with Gasteiger partial charge in [0, 0.05) is 24.7 Å². The number of rotatable bonds is 7. The number of furan rings is 1. The second kappa shape index (κ2) is 7.23. The minimum Gasteiger partial charge on any atom is -0.497 e. The molecule has 2 rings (SSSR count). The van der Waals surface area contributed by atoms with Crippen LogP contribution in [0.2, 0.25) is 0 Å². The van der Waals surface area contributed by atoms with E-state index < -0.39 is 0 Å². The van der Waals surface area contributed by atoms with Crippen LogP contribution in [0.5, 0.6) is 5.75 Å². The highest BCUT2D eigenvalue weighted by atomic mass is 16.5. The van der Waals surface area contributed by atoms with Crippen molar-refractivity contribution in [2.45, 2.75) is 13.0 Å². The lowest BCUT2D eigenvalue weighted by Gasteiger charge is -2.08. The predicted octanol–water partition coefficient (Wildman–Crippen LogP) is 2.41. The maximum absolute atomic E-state index is 11.6. The van der Waals surface area contributed by atoms with Crippen molar-refractivity contribution in [3.05, 3.63) is 48.4 Å². The molecule has 0 saturated carbocycles. The van der Waals surface area contributed by atoms with E-state index in [9.17, 15) is 4.79 Å². The number of carbonyl (C=O) groups excluding carboxylic acids is 1. The fourth-order valence-electron chi connectivity index (χ4n) is 1.74. The molecule has 0 aliphatic heterocycles. The zero-order chi connectivity index (χ0) is 14.2. The topological polar surface area (TPSA) is 63.5 Å². The van der Waals surface area contributed by atoms with Gasteiger partial charge in [-0.15, -0.1) is 0 Å². The van der Waals surface area contributed by atoms with E-state index in [2.05, 4.69) is 10.6 Å². The SMILES string of the molecule is COc1cccc(NCCC(=O)NCc2ccco2)c1. The zero-order valence-corrected chi connectivity index (χ0v) is 11.4. The molecule has 1 amide bonds. The Balaban J connectivity index is 1.68. The Hall–Kier alpha value is -2.43. The molecule has 106 valence electrons. The van der Waals surface area contributed by atoms with Crippen LogP contribution in [0.4, 0.5) is 5.69 Å². The smallest absolute Gasteiger partial charge is 0.222 e. The molecule has 20 heavy (non-hydrogen) atoms. The van der Waals surface area contributed by atoms with E-state index in [0.29, 0.717) is 19.5 Å². The van der Waals surface area contributed by atoms with Gasteiger partial charge in [0.15, 0.2) is 0 Å². The van der Waals surface area contributed by atoms with E-state index in [1.165, 1.54) is 0 Å². The summed E-state index contributed by atoms with van der Waals surface area (Å²) < 4.78 is 10.3. The van der Waals surface area contributed by atoms with Gasteiger partial charge in [-0.3, -0.25) is 4.79 Å². The molecule has 0 unspecified atom stereocenters. The van der Waals surface area contributed by atoms with Gasteiger partial charge in [0.25, 0.3) is 0 Å². The van der Waals surface area contributed by atoms with Gasteiger partial charge in [-0.1, -0.05) is 6.07 Å². The molecule has 0 bridgehead atoms. The summed E-state index contributed by atoms with van der Waals surface area (Å²) in [6.07, 6.45) is 1.99. The highest BCUT2D eigenvalue weighted by Gasteiger charge is 2.02. The number of carbonyl (C=O) groups is 1.